The van der Waals surface area contributed by atoms with Crippen molar-refractivity contribution in [2.24, 2.45) is 11.8 Å². The van der Waals surface area contributed by atoms with Crippen LogP contribution in [0.25, 0.3) is 10.9 Å². The molecule has 3 aliphatic rings. The lowest BCUT2D eigenvalue weighted by Crippen LogP contribution is -2.49. The first kappa shape index (κ1) is 19.6. The summed E-state index contributed by atoms with van der Waals surface area (Å²) < 4.78 is 0.648. The van der Waals surface area contributed by atoms with E-state index in [-0.39, 0.29) is 36.0 Å². The Morgan fingerprint density at radius 2 is 1.97 bits per heavy atom. The Labute approximate surface area is 182 Å². The van der Waals surface area contributed by atoms with Crippen LogP contribution in [-0.4, -0.2) is 60.5 Å². The molecule has 158 valence electrons. The van der Waals surface area contributed by atoms with E-state index in [2.05, 4.69) is 10.4 Å². The number of likely N-dealkylation sites (tertiary alicyclic amines) is 1. The molecular weight excluding hydrogens is 431 g/mol. The maximum atomic E-state index is 13.1. The molecule has 4 atom stereocenters. The number of piperidine rings is 1. The van der Waals surface area contributed by atoms with Gasteiger partial charge in [-0.2, -0.15) is 5.10 Å². The molecule has 3 fully saturated rings. The average Bonchev–Trinajstić information content (AvgIpc) is 3.49. The van der Waals surface area contributed by atoms with Crippen molar-refractivity contribution < 1.29 is 19.5 Å². The number of para-hydroxylation sites is 1. The van der Waals surface area contributed by atoms with Crippen LogP contribution in [0.2, 0.25) is 0 Å². The Kier molecular flexibility index (Phi) is 4.48. The largest absolute Gasteiger partial charge is 0.476 e. The number of carbonyl (C=O) groups is 3. The fraction of sp³-hybridized carbons (Fsp3) is 0.500. The highest BCUT2D eigenvalue weighted by molar-refractivity contribution is 6.50. The van der Waals surface area contributed by atoms with Gasteiger partial charge in [-0.25, -0.2) is 4.79 Å². The normalized spacial score (nSPS) is 28.3. The molecule has 8 nitrogen and oxygen atoms in total. The number of amides is 2. The van der Waals surface area contributed by atoms with Crippen molar-refractivity contribution in [1.82, 2.24) is 20.0 Å². The molecule has 10 heteroatoms. The summed E-state index contributed by atoms with van der Waals surface area (Å²) >= 11 is 12.0. The molecule has 0 radical (unpaired) electrons. The summed E-state index contributed by atoms with van der Waals surface area (Å²) in [5.41, 5.74) is 0.485. The Bertz CT molecular complexity index is 1070. The van der Waals surface area contributed by atoms with Crippen molar-refractivity contribution in [3.63, 3.8) is 0 Å². The van der Waals surface area contributed by atoms with Crippen LogP contribution in [0.1, 0.15) is 29.8 Å². The minimum atomic E-state index is -1.15. The van der Waals surface area contributed by atoms with Gasteiger partial charge >= 0.3 is 5.97 Å². The maximum Gasteiger partial charge on any atom is 0.357 e. The number of halogens is 2. The van der Waals surface area contributed by atoms with Crippen LogP contribution in [0.15, 0.2) is 24.3 Å². The molecule has 1 aromatic heterocycles. The predicted octanol–water partition coefficient (Wildman–Crippen LogP) is 2.03. The molecule has 2 saturated carbocycles. The van der Waals surface area contributed by atoms with E-state index in [0.717, 1.165) is 6.42 Å². The number of hydrogen-bond acceptors (Lipinski definition) is 4. The van der Waals surface area contributed by atoms with Crippen LogP contribution in [0, 0.1) is 11.8 Å². The van der Waals surface area contributed by atoms with Crippen LogP contribution < -0.4 is 5.32 Å². The zero-order valence-electron chi connectivity index (χ0n) is 15.9. The summed E-state index contributed by atoms with van der Waals surface area (Å²) in [4.78, 5) is 39.0. The molecule has 5 rings (SSSR count). The number of carbonyl (C=O) groups excluding carboxylic acids is 2. The minimum absolute atomic E-state index is 0.0368. The van der Waals surface area contributed by atoms with E-state index in [1.165, 1.54) is 4.68 Å². The molecule has 1 aromatic carbocycles. The van der Waals surface area contributed by atoms with Crippen molar-refractivity contribution in [1.29, 1.82) is 0 Å². The van der Waals surface area contributed by atoms with Crippen molar-refractivity contribution in [2.45, 2.75) is 42.2 Å². The van der Waals surface area contributed by atoms with Crippen LogP contribution >= 0.6 is 23.2 Å². The van der Waals surface area contributed by atoms with Gasteiger partial charge in [0.2, 0.25) is 11.8 Å². The highest BCUT2D eigenvalue weighted by Gasteiger charge is 2.56. The minimum Gasteiger partial charge on any atom is -0.476 e. The Balaban J connectivity index is 1.32. The standard InChI is InChI=1S/C20H20Cl2N4O4/c21-20(22)7-11(20)8-23-18(28)15-6-10-5-14(10)26(15)16(27)9-25-13-4-2-1-3-12(13)17(24-25)19(29)30/h1-4,10-11,14-15H,5-9H2,(H,23,28)(H,29,30)/t10-,11+,14-,15+/m1/s1. The third-order valence-electron chi connectivity index (χ3n) is 6.32. The fourth-order valence-electron chi connectivity index (χ4n) is 4.50. The number of carboxylic acid groups (broad SMARTS) is 1. The number of fused-ring (bicyclic) bond motifs is 2. The second kappa shape index (κ2) is 6.85. The van der Waals surface area contributed by atoms with E-state index < -0.39 is 16.3 Å². The average molecular weight is 451 g/mol. The van der Waals surface area contributed by atoms with Gasteiger partial charge in [-0.15, -0.1) is 23.2 Å². The number of nitrogens with zero attached hydrogens (tertiary/aromatic N) is 3. The van der Waals surface area contributed by atoms with E-state index in [1.54, 1.807) is 29.2 Å². The van der Waals surface area contributed by atoms with Gasteiger partial charge in [0, 0.05) is 23.9 Å². The molecule has 1 aliphatic heterocycles. The zero-order valence-corrected chi connectivity index (χ0v) is 17.4. The molecule has 2 aliphatic carbocycles. The second-order valence-corrected chi connectivity index (χ2v) is 9.89. The summed E-state index contributed by atoms with van der Waals surface area (Å²) in [5.74, 6) is -1.19. The number of nitrogens with one attached hydrogen (secondary N) is 1. The van der Waals surface area contributed by atoms with Crippen molar-refractivity contribution in [2.75, 3.05) is 6.54 Å². The zero-order chi connectivity index (χ0) is 21.2. The van der Waals surface area contributed by atoms with Crippen LogP contribution in [-0.2, 0) is 16.1 Å². The summed E-state index contributed by atoms with van der Waals surface area (Å²) in [6.45, 7) is 0.279. The summed E-state index contributed by atoms with van der Waals surface area (Å²) in [6.07, 6.45) is 2.18. The molecule has 0 bridgehead atoms. The molecular formula is C20H20Cl2N4O4. The van der Waals surface area contributed by atoms with Gasteiger partial charge in [0.1, 0.15) is 16.9 Å². The van der Waals surface area contributed by atoms with E-state index in [0.29, 0.717) is 36.2 Å². The number of alkyl halides is 2. The highest BCUT2D eigenvalue weighted by Crippen LogP contribution is 2.53. The molecule has 1 saturated heterocycles. The lowest BCUT2D eigenvalue weighted by molar-refractivity contribution is -0.140. The van der Waals surface area contributed by atoms with Gasteiger partial charge in [0.15, 0.2) is 5.69 Å². The first-order valence-electron chi connectivity index (χ1n) is 9.92. The third kappa shape index (κ3) is 3.32. The Hall–Kier alpha value is -2.32. The first-order chi connectivity index (χ1) is 14.3. The van der Waals surface area contributed by atoms with Crippen molar-refractivity contribution in [3.05, 3.63) is 30.0 Å². The van der Waals surface area contributed by atoms with Gasteiger partial charge < -0.3 is 15.3 Å². The lowest BCUT2D eigenvalue weighted by atomic mass is 10.1. The van der Waals surface area contributed by atoms with Gasteiger partial charge in [-0.3, -0.25) is 14.3 Å². The van der Waals surface area contributed by atoms with Gasteiger partial charge in [-0.05, 0) is 31.2 Å². The Morgan fingerprint density at radius 3 is 2.67 bits per heavy atom. The van der Waals surface area contributed by atoms with Crippen LogP contribution in [0.5, 0.6) is 0 Å². The van der Waals surface area contributed by atoms with E-state index >= 15 is 0 Å². The van der Waals surface area contributed by atoms with Crippen molar-refractivity contribution in [3.8, 4) is 0 Å². The van der Waals surface area contributed by atoms with E-state index in [4.69, 9.17) is 23.2 Å². The Morgan fingerprint density at radius 1 is 1.23 bits per heavy atom. The highest BCUT2D eigenvalue weighted by atomic mass is 35.5. The van der Waals surface area contributed by atoms with Gasteiger partial charge in [0.25, 0.3) is 0 Å². The molecule has 2 N–H and O–H groups in total. The monoisotopic (exact) mass is 450 g/mol. The molecule has 2 heterocycles. The maximum absolute atomic E-state index is 13.1. The molecule has 2 aromatic rings. The summed E-state index contributed by atoms with van der Waals surface area (Å²) in [7, 11) is 0. The third-order valence-corrected chi connectivity index (χ3v) is 7.24. The predicted molar refractivity (Wildman–Crippen MR) is 109 cm³/mol. The molecule has 0 spiro atoms. The second-order valence-electron chi connectivity index (χ2n) is 8.35. The van der Waals surface area contributed by atoms with Crippen molar-refractivity contribution >= 4 is 51.9 Å². The van der Waals surface area contributed by atoms with Gasteiger partial charge in [-0.1, -0.05) is 18.2 Å². The summed E-state index contributed by atoms with van der Waals surface area (Å²) in [6, 6.07) is 6.44. The molecule has 30 heavy (non-hydrogen) atoms. The van der Waals surface area contributed by atoms with Crippen LogP contribution in [0.3, 0.4) is 0 Å². The fourth-order valence-corrected chi connectivity index (χ4v) is 5.02. The molecule has 0 unspecified atom stereocenters. The summed E-state index contributed by atoms with van der Waals surface area (Å²) in [5, 5.41) is 16.9. The van der Waals surface area contributed by atoms with Gasteiger partial charge in [0.05, 0.1) is 5.52 Å². The number of hydrogen-bond donors (Lipinski definition) is 2. The number of benzene rings is 1. The van der Waals surface area contributed by atoms with Crippen LogP contribution in [0.4, 0.5) is 0 Å². The smallest absolute Gasteiger partial charge is 0.357 e. The van der Waals surface area contributed by atoms with E-state index in [9.17, 15) is 19.5 Å². The topological polar surface area (TPSA) is 105 Å². The number of carboxylic acids is 1. The quantitative estimate of drug-likeness (QED) is 0.655. The lowest BCUT2D eigenvalue weighted by Gasteiger charge is -2.27. The SMILES string of the molecule is O=C(O)c1nn(CC(=O)N2[C@@H]3C[C@@H]3C[C@H]2C(=O)NC[C@@H]2CC2(Cl)Cl)c2ccccc12. The molecule has 2 amide bonds. The number of aromatic nitrogens is 2. The van der Waals surface area contributed by atoms with E-state index in [1.807, 2.05) is 0 Å². The first-order valence-corrected chi connectivity index (χ1v) is 10.7. The number of aromatic carboxylic acids is 1. The number of rotatable bonds is 6.